The number of nitrogens with one attached hydrogen (secondary N) is 1. The molecule has 2 atom stereocenters. The number of carbonyl (C=O) groups excluding carboxylic acids is 1. The molecular formula is C15H22Cl2N4O. The molecule has 122 valence electrons. The van der Waals surface area contributed by atoms with Crippen molar-refractivity contribution in [3.8, 4) is 0 Å². The monoisotopic (exact) mass is 344 g/mol. The minimum Gasteiger partial charge on any atom is -0.352 e. The molecule has 2 unspecified atom stereocenters. The molecule has 22 heavy (non-hydrogen) atoms. The third-order valence-electron chi connectivity index (χ3n) is 3.06. The van der Waals surface area contributed by atoms with Crippen molar-refractivity contribution in [2.45, 2.75) is 32.0 Å². The molecule has 2 rings (SSSR count). The van der Waals surface area contributed by atoms with E-state index < -0.39 is 0 Å². The maximum Gasteiger partial charge on any atom is 0.222 e. The van der Waals surface area contributed by atoms with Gasteiger partial charge in [-0.15, -0.1) is 24.8 Å². The third-order valence-corrected chi connectivity index (χ3v) is 3.06. The molecule has 1 heterocycles. The summed E-state index contributed by atoms with van der Waals surface area (Å²) >= 11 is 0. The van der Waals surface area contributed by atoms with Crippen LogP contribution in [0, 0.1) is 0 Å². The molecule has 0 spiro atoms. The maximum atomic E-state index is 11.9. The van der Waals surface area contributed by atoms with Crippen molar-refractivity contribution in [2.24, 2.45) is 5.73 Å². The summed E-state index contributed by atoms with van der Waals surface area (Å²) in [6, 6.07) is 11.3. The molecule has 1 aromatic carbocycles. The minimum atomic E-state index is -0.270. The van der Waals surface area contributed by atoms with Crippen molar-refractivity contribution in [1.82, 2.24) is 15.1 Å². The number of aromatic nitrogens is 2. The summed E-state index contributed by atoms with van der Waals surface area (Å²) in [5.74, 6) is -0.0407. The number of nitrogens with zero attached hydrogens (tertiary/aromatic N) is 2. The van der Waals surface area contributed by atoms with Crippen LogP contribution in [0.15, 0.2) is 48.8 Å². The second-order valence-electron chi connectivity index (χ2n) is 4.92. The Hall–Kier alpha value is -1.56. The van der Waals surface area contributed by atoms with Gasteiger partial charge in [0.15, 0.2) is 0 Å². The molecule has 2 aromatic rings. The van der Waals surface area contributed by atoms with E-state index in [9.17, 15) is 4.79 Å². The standard InChI is InChI=1S/C15H20N4O.2ClH/c1-12(11-19-9-5-8-17-19)18-15(20)10-14(16)13-6-3-2-4-7-13;;/h2-9,12,14H,10-11,16H2,1H3,(H,18,20);2*1H. The van der Waals surface area contributed by atoms with Crippen molar-refractivity contribution in [3.63, 3.8) is 0 Å². The van der Waals surface area contributed by atoms with E-state index in [0.717, 1.165) is 5.56 Å². The average Bonchev–Trinajstić information content (AvgIpc) is 2.92. The number of hydrogen-bond donors (Lipinski definition) is 2. The van der Waals surface area contributed by atoms with Gasteiger partial charge < -0.3 is 11.1 Å². The minimum absolute atomic E-state index is 0. The Kier molecular flexibility index (Phi) is 9.49. The molecule has 0 saturated heterocycles. The van der Waals surface area contributed by atoms with Crippen LogP contribution in [0.5, 0.6) is 0 Å². The largest absolute Gasteiger partial charge is 0.352 e. The SMILES string of the molecule is CC(Cn1cccn1)NC(=O)CC(N)c1ccccc1.Cl.Cl. The molecule has 7 heteroatoms. The van der Waals surface area contributed by atoms with Gasteiger partial charge in [-0.05, 0) is 18.6 Å². The van der Waals surface area contributed by atoms with Gasteiger partial charge in [0.25, 0.3) is 0 Å². The summed E-state index contributed by atoms with van der Waals surface area (Å²) in [7, 11) is 0. The van der Waals surface area contributed by atoms with E-state index in [1.807, 2.05) is 49.5 Å². The first-order chi connectivity index (χ1) is 9.65. The van der Waals surface area contributed by atoms with Crippen LogP contribution in [-0.4, -0.2) is 21.7 Å². The molecule has 0 fully saturated rings. The summed E-state index contributed by atoms with van der Waals surface area (Å²) in [6.07, 6.45) is 3.88. The lowest BCUT2D eigenvalue weighted by molar-refractivity contribution is -0.122. The van der Waals surface area contributed by atoms with Crippen molar-refractivity contribution in [1.29, 1.82) is 0 Å². The zero-order valence-electron chi connectivity index (χ0n) is 12.4. The molecule has 0 bridgehead atoms. The second kappa shape index (κ2) is 10.2. The molecule has 0 aliphatic carbocycles. The molecule has 5 nitrogen and oxygen atoms in total. The maximum absolute atomic E-state index is 11.9. The Balaban J connectivity index is 0.00000220. The van der Waals surface area contributed by atoms with E-state index in [0.29, 0.717) is 6.54 Å². The third kappa shape index (κ3) is 6.47. The summed E-state index contributed by atoms with van der Waals surface area (Å²) in [5, 5.41) is 7.05. The Morgan fingerprint density at radius 2 is 1.95 bits per heavy atom. The number of rotatable bonds is 6. The van der Waals surface area contributed by atoms with E-state index in [1.54, 1.807) is 10.9 Å². The van der Waals surface area contributed by atoms with Gasteiger partial charge in [0.2, 0.25) is 5.91 Å². The predicted octanol–water partition coefficient (Wildman–Crippen LogP) is 2.32. The Morgan fingerprint density at radius 3 is 2.55 bits per heavy atom. The number of halogens is 2. The fourth-order valence-electron chi connectivity index (χ4n) is 2.09. The van der Waals surface area contributed by atoms with E-state index >= 15 is 0 Å². The molecule has 3 N–H and O–H groups in total. The zero-order valence-corrected chi connectivity index (χ0v) is 14.0. The van der Waals surface area contributed by atoms with Crippen molar-refractivity contribution < 1.29 is 4.79 Å². The lowest BCUT2D eigenvalue weighted by Crippen LogP contribution is -2.37. The van der Waals surface area contributed by atoms with Crippen molar-refractivity contribution in [2.75, 3.05) is 0 Å². The first-order valence-electron chi connectivity index (χ1n) is 6.72. The van der Waals surface area contributed by atoms with Gasteiger partial charge in [0.05, 0.1) is 6.54 Å². The quantitative estimate of drug-likeness (QED) is 0.844. The first-order valence-corrected chi connectivity index (χ1v) is 6.72. The van der Waals surface area contributed by atoms with Gasteiger partial charge in [0.1, 0.15) is 0 Å². The zero-order chi connectivity index (χ0) is 14.4. The number of amides is 1. The molecule has 0 radical (unpaired) electrons. The van der Waals surface area contributed by atoms with Crippen molar-refractivity contribution in [3.05, 3.63) is 54.4 Å². The number of nitrogens with two attached hydrogens (primary N) is 1. The first kappa shape index (κ1) is 20.4. The van der Waals surface area contributed by atoms with Crippen LogP contribution in [0.3, 0.4) is 0 Å². The van der Waals surface area contributed by atoms with Crippen LogP contribution < -0.4 is 11.1 Å². The van der Waals surface area contributed by atoms with Crippen LogP contribution in [0.2, 0.25) is 0 Å². The van der Waals surface area contributed by atoms with Gasteiger partial charge in [0, 0.05) is 30.9 Å². The van der Waals surface area contributed by atoms with Gasteiger partial charge in [-0.3, -0.25) is 9.48 Å². The van der Waals surface area contributed by atoms with Crippen LogP contribution in [0.25, 0.3) is 0 Å². The summed E-state index contributed by atoms with van der Waals surface area (Å²) in [6.45, 7) is 2.60. The normalized spacial score (nSPS) is 12.5. The van der Waals surface area contributed by atoms with Gasteiger partial charge in [-0.1, -0.05) is 30.3 Å². The Labute approximate surface area is 143 Å². The highest BCUT2D eigenvalue weighted by Crippen LogP contribution is 2.12. The van der Waals surface area contributed by atoms with E-state index in [4.69, 9.17) is 5.73 Å². The Bertz CT molecular complexity index is 534. The fourth-order valence-corrected chi connectivity index (χ4v) is 2.09. The number of carbonyl (C=O) groups is 1. The Morgan fingerprint density at radius 1 is 1.27 bits per heavy atom. The van der Waals surface area contributed by atoms with E-state index in [-0.39, 0.29) is 49.2 Å². The summed E-state index contributed by atoms with van der Waals surface area (Å²) in [5.41, 5.74) is 7.00. The molecule has 0 aliphatic rings. The predicted molar refractivity (Wildman–Crippen MR) is 92.3 cm³/mol. The molecule has 0 saturated carbocycles. The second-order valence-corrected chi connectivity index (χ2v) is 4.92. The number of hydrogen-bond acceptors (Lipinski definition) is 3. The van der Waals surface area contributed by atoms with Gasteiger partial charge >= 0.3 is 0 Å². The molecular weight excluding hydrogens is 323 g/mol. The van der Waals surface area contributed by atoms with Gasteiger partial charge in [-0.2, -0.15) is 5.10 Å². The van der Waals surface area contributed by atoms with Gasteiger partial charge in [-0.25, -0.2) is 0 Å². The van der Waals surface area contributed by atoms with Crippen LogP contribution in [-0.2, 0) is 11.3 Å². The van der Waals surface area contributed by atoms with Crippen LogP contribution in [0.4, 0.5) is 0 Å². The summed E-state index contributed by atoms with van der Waals surface area (Å²) in [4.78, 5) is 11.9. The highest BCUT2D eigenvalue weighted by Gasteiger charge is 2.13. The number of benzene rings is 1. The van der Waals surface area contributed by atoms with E-state index in [1.165, 1.54) is 0 Å². The molecule has 0 aliphatic heterocycles. The lowest BCUT2D eigenvalue weighted by Gasteiger charge is -2.16. The highest BCUT2D eigenvalue weighted by molar-refractivity contribution is 5.85. The highest BCUT2D eigenvalue weighted by atomic mass is 35.5. The lowest BCUT2D eigenvalue weighted by atomic mass is 10.0. The smallest absolute Gasteiger partial charge is 0.222 e. The average molecular weight is 345 g/mol. The molecule has 1 aromatic heterocycles. The summed E-state index contributed by atoms with van der Waals surface area (Å²) < 4.78 is 1.79. The van der Waals surface area contributed by atoms with Crippen LogP contribution >= 0.6 is 24.8 Å². The fraction of sp³-hybridized carbons (Fsp3) is 0.333. The van der Waals surface area contributed by atoms with Crippen LogP contribution in [0.1, 0.15) is 24.9 Å². The molecule has 1 amide bonds. The van der Waals surface area contributed by atoms with E-state index in [2.05, 4.69) is 10.4 Å². The topological polar surface area (TPSA) is 72.9 Å². The van der Waals surface area contributed by atoms with Crippen molar-refractivity contribution >= 4 is 30.7 Å².